The number of hydrogen-bond donors (Lipinski definition) is 0. The van der Waals surface area contributed by atoms with Crippen LogP contribution in [0.3, 0.4) is 0 Å². The number of hydrogen-bond acceptors (Lipinski definition) is 5. The maximum absolute atomic E-state index is 13.1. The molecule has 0 aliphatic carbocycles. The number of nitrogens with zero attached hydrogens (tertiary/aromatic N) is 3. The number of carbonyl (C=O) groups is 2. The number of methoxy groups -OCH3 is 1. The molecule has 6 nitrogen and oxygen atoms in total. The first-order valence-corrected chi connectivity index (χ1v) is 8.39. The van der Waals surface area contributed by atoms with E-state index in [9.17, 15) is 20.1 Å². The van der Waals surface area contributed by atoms with Gasteiger partial charge in [0, 0.05) is 0 Å². The van der Waals surface area contributed by atoms with Crippen LogP contribution in [0.25, 0.3) is 0 Å². The van der Waals surface area contributed by atoms with Gasteiger partial charge in [-0.3, -0.25) is 9.59 Å². The molecule has 134 valence electrons. The minimum atomic E-state index is -1.26. The Hall–Kier alpha value is -3.64. The summed E-state index contributed by atoms with van der Waals surface area (Å²) in [5, 5.41) is 19.6. The third kappa shape index (κ3) is 2.72. The molecule has 3 rings (SSSR count). The smallest absolute Gasteiger partial charge is 0.325 e. The van der Waals surface area contributed by atoms with E-state index >= 15 is 0 Å². The average Bonchev–Trinajstić information content (AvgIpc) is 2.97. The van der Waals surface area contributed by atoms with Crippen LogP contribution in [0.4, 0.5) is 0 Å². The van der Waals surface area contributed by atoms with E-state index in [0.29, 0.717) is 11.1 Å². The zero-order valence-corrected chi connectivity index (χ0v) is 14.7. The van der Waals surface area contributed by atoms with Crippen LogP contribution >= 0.6 is 0 Å². The predicted octanol–water partition coefficient (Wildman–Crippen LogP) is 2.22. The fraction of sp³-hybridized carbons (Fsp3) is 0.238. The van der Waals surface area contributed by atoms with Gasteiger partial charge in [0.1, 0.15) is 23.9 Å². The lowest BCUT2D eigenvalue weighted by Gasteiger charge is -2.40. The van der Waals surface area contributed by atoms with Crippen LogP contribution in [0.5, 0.6) is 0 Å². The molecule has 2 aromatic carbocycles. The van der Waals surface area contributed by atoms with Crippen molar-refractivity contribution in [3.05, 3.63) is 71.8 Å². The first-order chi connectivity index (χ1) is 13.1. The van der Waals surface area contributed by atoms with Crippen LogP contribution in [-0.4, -0.2) is 30.4 Å². The number of rotatable bonds is 4. The van der Waals surface area contributed by atoms with E-state index < -0.39 is 29.3 Å². The Labute approximate surface area is 157 Å². The molecule has 6 heteroatoms. The molecule has 0 spiro atoms. The van der Waals surface area contributed by atoms with Crippen molar-refractivity contribution < 1.29 is 14.3 Å². The minimum absolute atomic E-state index is 0.352. The highest BCUT2D eigenvalue weighted by atomic mass is 16.5. The van der Waals surface area contributed by atoms with E-state index in [1.807, 2.05) is 18.2 Å². The third-order valence-electron chi connectivity index (χ3n) is 4.96. The van der Waals surface area contributed by atoms with Crippen molar-refractivity contribution in [1.82, 2.24) is 4.90 Å². The van der Waals surface area contributed by atoms with Gasteiger partial charge in [-0.15, -0.1) is 0 Å². The number of esters is 1. The molecule has 0 saturated carbocycles. The fourth-order valence-corrected chi connectivity index (χ4v) is 3.81. The van der Waals surface area contributed by atoms with Crippen molar-refractivity contribution in [2.75, 3.05) is 13.7 Å². The number of nitriles is 2. The second kappa shape index (κ2) is 7.31. The van der Waals surface area contributed by atoms with Gasteiger partial charge in [-0.25, -0.2) is 0 Å². The highest BCUT2D eigenvalue weighted by Crippen LogP contribution is 2.51. The molecule has 2 atom stereocenters. The van der Waals surface area contributed by atoms with Crippen molar-refractivity contribution in [2.24, 2.45) is 11.8 Å². The lowest BCUT2D eigenvalue weighted by molar-refractivity contribution is -0.148. The monoisotopic (exact) mass is 359 g/mol. The SMILES string of the molecule is COC(=O)CN1C(=O)C(C#N)C(C#N)C1(c1ccccc1)c1ccccc1. The summed E-state index contributed by atoms with van der Waals surface area (Å²) < 4.78 is 4.76. The van der Waals surface area contributed by atoms with E-state index in [4.69, 9.17) is 4.74 Å². The van der Waals surface area contributed by atoms with Crippen molar-refractivity contribution >= 4 is 11.9 Å². The van der Waals surface area contributed by atoms with Crippen molar-refractivity contribution in [3.8, 4) is 12.1 Å². The van der Waals surface area contributed by atoms with Gasteiger partial charge in [-0.2, -0.15) is 10.5 Å². The van der Waals surface area contributed by atoms with Gasteiger partial charge in [-0.05, 0) is 11.1 Å². The molecular weight excluding hydrogens is 342 g/mol. The first kappa shape index (κ1) is 18.2. The lowest BCUT2D eigenvalue weighted by atomic mass is 9.71. The van der Waals surface area contributed by atoms with Crippen molar-refractivity contribution in [2.45, 2.75) is 5.54 Å². The van der Waals surface area contributed by atoms with Gasteiger partial charge in [0.05, 0.1) is 19.2 Å². The standard InChI is InChI=1S/C21H17N3O3/c1-27-19(25)14-24-20(26)17(12-22)18(13-23)21(24,15-8-4-2-5-9-15)16-10-6-3-7-11-16/h2-11,17-18H,14H2,1H3. The van der Waals surface area contributed by atoms with E-state index in [0.717, 1.165) is 0 Å². The fourth-order valence-electron chi connectivity index (χ4n) is 3.81. The lowest BCUT2D eigenvalue weighted by Crippen LogP contribution is -2.49. The van der Waals surface area contributed by atoms with Gasteiger partial charge in [0.15, 0.2) is 0 Å². The van der Waals surface area contributed by atoms with Crippen molar-refractivity contribution in [1.29, 1.82) is 10.5 Å². The Morgan fingerprint density at radius 2 is 1.56 bits per heavy atom. The van der Waals surface area contributed by atoms with E-state index in [-0.39, 0.29) is 6.54 Å². The summed E-state index contributed by atoms with van der Waals surface area (Å²) in [4.78, 5) is 26.4. The maximum Gasteiger partial charge on any atom is 0.325 e. The van der Waals surface area contributed by atoms with Gasteiger partial charge in [0.25, 0.3) is 0 Å². The Morgan fingerprint density at radius 1 is 1.04 bits per heavy atom. The summed E-state index contributed by atoms with van der Waals surface area (Å²) >= 11 is 0. The molecule has 0 radical (unpaired) electrons. The molecule has 0 bridgehead atoms. The first-order valence-electron chi connectivity index (χ1n) is 8.39. The molecule has 0 N–H and O–H groups in total. The molecule has 1 aliphatic heterocycles. The van der Waals surface area contributed by atoms with Crippen LogP contribution in [0.1, 0.15) is 11.1 Å². The van der Waals surface area contributed by atoms with Crippen LogP contribution in [0, 0.1) is 34.5 Å². The van der Waals surface area contributed by atoms with Gasteiger partial charge in [0.2, 0.25) is 5.91 Å². The van der Waals surface area contributed by atoms with Crippen LogP contribution in [0.15, 0.2) is 60.7 Å². The maximum atomic E-state index is 13.1. The Kier molecular flexibility index (Phi) is 4.92. The van der Waals surface area contributed by atoms with Crippen LogP contribution < -0.4 is 0 Å². The summed E-state index contributed by atoms with van der Waals surface area (Å²) in [7, 11) is 1.24. The summed E-state index contributed by atoms with van der Waals surface area (Å²) in [6.07, 6.45) is 0. The van der Waals surface area contributed by atoms with Crippen molar-refractivity contribution in [3.63, 3.8) is 0 Å². The minimum Gasteiger partial charge on any atom is -0.468 e. The predicted molar refractivity (Wildman–Crippen MR) is 95.6 cm³/mol. The zero-order chi connectivity index (χ0) is 19.4. The number of likely N-dealkylation sites (tertiary alicyclic amines) is 1. The number of benzene rings is 2. The second-order valence-electron chi connectivity index (χ2n) is 6.21. The number of amides is 1. The van der Waals surface area contributed by atoms with E-state index in [1.165, 1.54) is 12.0 Å². The quantitative estimate of drug-likeness (QED) is 0.780. The summed E-state index contributed by atoms with van der Waals surface area (Å²) in [5.41, 5.74) is 0.0682. The number of ether oxygens (including phenoxy) is 1. The highest BCUT2D eigenvalue weighted by molar-refractivity contribution is 5.90. The van der Waals surface area contributed by atoms with Crippen LogP contribution in [-0.2, 0) is 19.9 Å². The Balaban J connectivity index is 2.36. The molecule has 1 fully saturated rings. The highest BCUT2D eigenvalue weighted by Gasteiger charge is 2.61. The average molecular weight is 359 g/mol. The normalized spacial score (nSPS) is 20.6. The molecule has 2 aromatic rings. The largest absolute Gasteiger partial charge is 0.468 e. The molecule has 0 aromatic heterocycles. The number of carbonyl (C=O) groups excluding carboxylic acids is 2. The van der Waals surface area contributed by atoms with E-state index in [2.05, 4.69) is 6.07 Å². The molecule has 1 amide bonds. The Morgan fingerprint density at radius 3 is 1.96 bits per heavy atom. The summed E-state index contributed by atoms with van der Waals surface area (Å²) in [6.45, 7) is -0.352. The molecule has 1 saturated heterocycles. The molecular formula is C21H17N3O3. The molecule has 2 unspecified atom stereocenters. The summed E-state index contributed by atoms with van der Waals surface area (Å²) in [6, 6.07) is 22.2. The van der Waals surface area contributed by atoms with Gasteiger partial charge in [-0.1, -0.05) is 60.7 Å². The van der Waals surface area contributed by atoms with E-state index in [1.54, 1.807) is 48.5 Å². The molecule has 27 heavy (non-hydrogen) atoms. The second-order valence-corrected chi connectivity index (χ2v) is 6.21. The molecule has 1 aliphatic rings. The molecule has 1 heterocycles. The van der Waals surface area contributed by atoms with Gasteiger partial charge >= 0.3 is 5.97 Å². The van der Waals surface area contributed by atoms with Crippen LogP contribution in [0.2, 0.25) is 0 Å². The zero-order valence-electron chi connectivity index (χ0n) is 14.7. The van der Waals surface area contributed by atoms with Gasteiger partial charge < -0.3 is 9.64 Å². The third-order valence-corrected chi connectivity index (χ3v) is 4.96. The summed E-state index contributed by atoms with van der Waals surface area (Å²) in [5.74, 6) is -3.33. The topological polar surface area (TPSA) is 94.2 Å². The Bertz CT molecular complexity index is 889.